The van der Waals surface area contributed by atoms with E-state index >= 15 is 0 Å². The lowest BCUT2D eigenvalue weighted by atomic mass is 10.1. The fourth-order valence-corrected chi connectivity index (χ4v) is 2.57. The first kappa shape index (κ1) is 17.0. The van der Waals surface area contributed by atoms with Gasteiger partial charge in [0.2, 0.25) is 0 Å². The summed E-state index contributed by atoms with van der Waals surface area (Å²) in [6.07, 6.45) is 3.11. The molecular formula is C14H20ClNO3S. The number of amides is 1. The summed E-state index contributed by atoms with van der Waals surface area (Å²) < 4.78 is 22.4. The molecular weight excluding hydrogens is 298 g/mol. The minimum absolute atomic E-state index is 0.0633. The van der Waals surface area contributed by atoms with Crippen LogP contribution in [0.2, 0.25) is 0 Å². The van der Waals surface area contributed by atoms with E-state index in [2.05, 4.69) is 19.2 Å². The fourth-order valence-electron chi connectivity index (χ4n) is 1.77. The van der Waals surface area contributed by atoms with E-state index in [4.69, 9.17) is 10.7 Å². The van der Waals surface area contributed by atoms with Crippen molar-refractivity contribution in [2.45, 2.75) is 38.0 Å². The molecule has 0 atom stereocenters. The minimum Gasteiger partial charge on any atom is -0.352 e. The van der Waals surface area contributed by atoms with Gasteiger partial charge in [0.15, 0.2) is 0 Å². The van der Waals surface area contributed by atoms with Crippen LogP contribution in [0.25, 0.3) is 0 Å². The Labute approximate surface area is 124 Å². The molecule has 1 N–H and O–H groups in total. The van der Waals surface area contributed by atoms with Crippen LogP contribution in [-0.2, 0) is 9.05 Å². The highest BCUT2D eigenvalue weighted by Gasteiger charge is 2.13. The van der Waals surface area contributed by atoms with Crippen molar-refractivity contribution in [3.05, 3.63) is 29.8 Å². The molecule has 0 fully saturated rings. The van der Waals surface area contributed by atoms with Crippen LogP contribution in [0.5, 0.6) is 0 Å². The van der Waals surface area contributed by atoms with Gasteiger partial charge in [-0.1, -0.05) is 32.8 Å². The van der Waals surface area contributed by atoms with Gasteiger partial charge in [0.25, 0.3) is 15.0 Å². The monoisotopic (exact) mass is 317 g/mol. The van der Waals surface area contributed by atoms with Crippen molar-refractivity contribution in [3.63, 3.8) is 0 Å². The summed E-state index contributed by atoms with van der Waals surface area (Å²) in [5, 5.41) is 2.77. The van der Waals surface area contributed by atoms with Crippen molar-refractivity contribution in [3.8, 4) is 0 Å². The molecule has 0 saturated carbocycles. The molecule has 20 heavy (non-hydrogen) atoms. The highest BCUT2D eigenvalue weighted by atomic mass is 35.7. The lowest BCUT2D eigenvalue weighted by Crippen LogP contribution is -2.24. The van der Waals surface area contributed by atoms with Crippen LogP contribution < -0.4 is 5.32 Å². The van der Waals surface area contributed by atoms with E-state index < -0.39 is 9.05 Å². The first-order valence-electron chi connectivity index (χ1n) is 6.63. The Morgan fingerprint density at radius 3 is 2.60 bits per heavy atom. The lowest BCUT2D eigenvalue weighted by molar-refractivity contribution is 0.0952. The number of hydrogen-bond donors (Lipinski definition) is 1. The van der Waals surface area contributed by atoms with E-state index in [1.54, 1.807) is 6.07 Å². The number of hydrogen-bond acceptors (Lipinski definition) is 3. The molecule has 0 aliphatic carbocycles. The fraction of sp³-hybridized carbons (Fsp3) is 0.500. The van der Waals surface area contributed by atoms with E-state index in [0.29, 0.717) is 18.0 Å². The second kappa shape index (κ2) is 7.64. The Morgan fingerprint density at radius 1 is 1.30 bits per heavy atom. The van der Waals surface area contributed by atoms with Gasteiger partial charge in [-0.15, -0.1) is 0 Å². The van der Waals surface area contributed by atoms with Gasteiger partial charge in [-0.05, 0) is 30.5 Å². The summed E-state index contributed by atoms with van der Waals surface area (Å²) in [6, 6.07) is 5.71. The van der Waals surface area contributed by atoms with Crippen LogP contribution in [0.1, 0.15) is 43.5 Å². The molecule has 1 aromatic rings. The second-order valence-corrected chi connectivity index (χ2v) is 7.68. The molecule has 0 unspecified atom stereocenters. The highest BCUT2D eigenvalue weighted by molar-refractivity contribution is 8.13. The SMILES string of the molecule is CC(C)CCCCNC(=O)c1cccc(S(=O)(=O)Cl)c1. The van der Waals surface area contributed by atoms with Gasteiger partial charge in [-0.25, -0.2) is 8.42 Å². The largest absolute Gasteiger partial charge is 0.352 e. The van der Waals surface area contributed by atoms with E-state index in [1.807, 2.05) is 0 Å². The number of carbonyl (C=O) groups excluding carboxylic acids is 1. The summed E-state index contributed by atoms with van der Waals surface area (Å²) in [6.45, 7) is 4.91. The van der Waals surface area contributed by atoms with Gasteiger partial charge in [0, 0.05) is 22.8 Å². The zero-order chi connectivity index (χ0) is 15.2. The van der Waals surface area contributed by atoms with Crippen LogP contribution in [0.3, 0.4) is 0 Å². The molecule has 6 heteroatoms. The van der Waals surface area contributed by atoms with E-state index in [0.717, 1.165) is 19.3 Å². The molecule has 112 valence electrons. The second-order valence-electron chi connectivity index (χ2n) is 5.11. The quantitative estimate of drug-likeness (QED) is 0.620. The Hall–Kier alpha value is -1.07. The molecule has 4 nitrogen and oxygen atoms in total. The molecule has 0 heterocycles. The number of carbonyl (C=O) groups is 1. The maximum Gasteiger partial charge on any atom is 0.261 e. The summed E-state index contributed by atoms with van der Waals surface area (Å²) in [5.74, 6) is 0.382. The van der Waals surface area contributed by atoms with Crippen molar-refractivity contribution in [1.29, 1.82) is 0 Å². The normalized spacial score (nSPS) is 11.6. The third-order valence-corrected chi connectivity index (χ3v) is 4.22. The Balaban J connectivity index is 2.52. The van der Waals surface area contributed by atoms with Crippen LogP contribution in [0.4, 0.5) is 0 Å². The van der Waals surface area contributed by atoms with Gasteiger partial charge in [0.05, 0.1) is 4.90 Å². The standard InChI is InChI=1S/C14H20ClNO3S/c1-11(2)6-3-4-9-16-14(17)12-7-5-8-13(10-12)20(15,18)19/h5,7-8,10-11H,3-4,6,9H2,1-2H3,(H,16,17). The molecule has 0 saturated heterocycles. The van der Waals surface area contributed by atoms with Gasteiger partial charge >= 0.3 is 0 Å². The van der Waals surface area contributed by atoms with Gasteiger partial charge in [0.1, 0.15) is 0 Å². The highest BCUT2D eigenvalue weighted by Crippen LogP contribution is 2.16. The zero-order valence-electron chi connectivity index (χ0n) is 11.7. The lowest BCUT2D eigenvalue weighted by Gasteiger charge is -2.07. The molecule has 0 bridgehead atoms. The van der Waals surface area contributed by atoms with E-state index in [1.165, 1.54) is 18.2 Å². The maximum absolute atomic E-state index is 11.9. The average molecular weight is 318 g/mol. The number of benzene rings is 1. The molecule has 1 amide bonds. The number of nitrogens with one attached hydrogen (secondary N) is 1. The molecule has 0 aromatic heterocycles. The van der Waals surface area contributed by atoms with Gasteiger partial charge in [-0.2, -0.15) is 0 Å². The third-order valence-electron chi connectivity index (χ3n) is 2.87. The van der Waals surface area contributed by atoms with Gasteiger partial charge in [-0.3, -0.25) is 4.79 Å². The van der Waals surface area contributed by atoms with E-state index in [9.17, 15) is 13.2 Å². The van der Waals surface area contributed by atoms with Crippen LogP contribution in [0, 0.1) is 5.92 Å². The Morgan fingerprint density at radius 2 is 2.00 bits per heavy atom. The number of halogens is 1. The summed E-state index contributed by atoms with van der Waals surface area (Å²) in [7, 11) is 1.45. The maximum atomic E-state index is 11.9. The summed E-state index contributed by atoms with van der Waals surface area (Å²) in [5.41, 5.74) is 0.301. The van der Waals surface area contributed by atoms with Crippen molar-refractivity contribution in [1.82, 2.24) is 5.32 Å². The van der Waals surface area contributed by atoms with Crippen molar-refractivity contribution < 1.29 is 13.2 Å². The minimum atomic E-state index is -3.81. The van der Waals surface area contributed by atoms with E-state index in [-0.39, 0.29) is 10.8 Å². The van der Waals surface area contributed by atoms with Crippen LogP contribution in [-0.4, -0.2) is 20.9 Å². The summed E-state index contributed by atoms with van der Waals surface area (Å²) >= 11 is 0. The number of rotatable bonds is 7. The molecule has 1 aromatic carbocycles. The third kappa shape index (κ3) is 5.92. The Bertz CT molecular complexity index is 555. The topological polar surface area (TPSA) is 63.2 Å². The molecule has 1 rings (SSSR count). The zero-order valence-corrected chi connectivity index (χ0v) is 13.3. The van der Waals surface area contributed by atoms with Crippen molar-refractivity contribution >= 4 is 25.6 Å². The molecule has 0 aliphatic heterocycles. The predicted octanol–water partition coefficient (Wildman–Crippen LogP) is 3.17. The van der Waals surface area contributed by atoms with Crippen LogP contribution >= 0.6 is 10.7 Å². The average Bonchev–Trinajstić information content (AvgIpc) is 2.37. The number of unbranched alkanes of at least 4 members (excludes halogenated alkanes) is 1. The smallest absolute Gasteiger partial charge is 0.261 e. The van der Waals surface area contributed by atoms with Crippen LogP contribution in [0.15, 0.2) is 29.2 Å². The predicted molar refractivity (Wildman–Crippen MR) is 80.5 cm³/mol. The van der Waals surface area contributed by atoms with Gasteiger partial charge < -0.3 is 5.32 Å². The molecule has 0 radical (unpaired) electrons. The van der Waals surface area contributed by atoms with Crippen molar-refractivity contribution in [2.75, 3.05) is 6.54 Å². The molecule has 0 aliphatic rings. The Kier molecular flexibility index (Phi) is 6.49. The first-order valence-corrected chi connectivity index (χ1v) is 8.94. The van der Waals surface area contributed by atoms with Crippen molar-refractivity contribution in [2.24, 2.45) is 5.92 Å². The first-order chi connectivity index (χ1) is 9.30. The summed E-state index contributed by atoms with van der Waals surface area (Å²) in [4.78, 5) is 11.8. The molecule has 0 spiro atoms.